The van der Waals surface area contributed by atoms with E-state index in [1.165, 1.54) is 12.1 Å². The fourth-order valence-corrected chi connectivity index (χ4v) is 2.16. The summed E-state index contributed by atoms with van der Waals surface area (Å²) in [6.45, 7) is 4.32. The number of nitro groups is 1. The summed E-state index contributed by atoms with van der Waals surface area (Å²) in [5.41, 5.74) is 1.38. The maximum absolute atomic E-state index is 12.5. The van der Waals surface area contributed by atoms with E-state index in [-0.39, 0.29) is 17.8 Å². The van der Waals surface area contributed by atoms with E-state index in [2.05, 4.69) is 5.32 Å². The number of anilines is 1. The van der Waals surface area contributed by atoms with Crippen molar-refractivity contribution in [3.05, 3.63) is 70.3 Å². The third kappa shape index (κ3) is 4.54. The lowest BCUT2D eigenvalue weighted by atomic mass is 10.2. The highest BCUT2D eigenvalue weighted by atomic mass is 16.6. The molecule has 0 saturated heterocycles. The summed E-state index contributed by atoms with van der Waals surface area (Å²) < 4.78 is 0. The van der Waals surface area contributed by atoms with Gasteiger partial charge in [0.25, 0.3) is 5.69 Å². The van der Waals surface area contributed by atoms with Crippen LogP contribution in [0.1, 0.15) is 19.4 Å². The lowest BCUT2D eigenvalue weighted by Crippen LogP contribution is -2.39. The van der Waals surface area contributed by atoms with E-state index in [1.807, 2.05) is 44.2 Å². The molecule has 0 unspecified atom stereocenters. The number of carbonyl (C=O) groups excluding carboxylic acids is 1. The molecule has 0 aromatic heterocycles. The van der Waals surface area contributed by atoms with Crippen LogP contribution in [-0.2, 0) is 6.54 Å². The Morgan fingerprint density at radius 1 is 1.17 bits per heavy atom. The number of nitrogens with one attached hydrogen (secondary N) is 1. The number of rotatable bonds is 5. The summed E-state index contributed by atoms with van der Waals surface area (Å²) in [5, 5.41) is 13.5. The molecule has 2 aromatic rings. The Kier molecular flexibility index (Phi) is 5.30. The average molecular weight is 313 g/mol. The van der Waals surface area contributed by atoms with Crippen LogP contribution in [0.25, 0.3) is 0 Å². The zero-order valence-electron chi connectivity index (χ0n) is 13.1. The molecule has 2 amide bonds. The van der Waals surface area contributed by atoms with Gasteiger partial charge in [0.05, 0.1) is 4.92 Å². The number of nitro benzene ring substituents is 1. The Labute approximate surface area is 134 Å². The molecule has 0 fully saturated rings. The van der Waals surface area contributed by atoms with Gasteiger partial charge in [0, 0.05) is 30.4 Å². The minimum Gasteiger partial charge on any atom is -0.318 e. The predicted octanol–water partition coefficient (Wildman–Crippen LogP) is 4.04. The molecule has 120 valence electrons. The largest absolute Gasteiger partial charge is 0.322 e. The number of hydrogen-bond donors (Lipinski definition) is 1. The van der Waals surface area contributed by atoms with Crippen molar-refractivity contribution >= 4 is 17.4 Å². The van der Waals surface area contributed by atoms with Gasteiger partial charge in [0.1, 0.15) is 0 Å². The van der Waals surface area contributed by atoms with Crippen molar-refractivity contribution in [2.45, 2.75) is 26.4 Å². The maximum Gasteiger partial charge on any atom is 0.322 e. The van der Waals surface area contributed by atoms with Crippen molar-refractivity contribution in [2.24, 2.45) is 0 Å². The van der Waals surface area contributed by atoms with Crippen molar-refractivity contribution < 1.29 is 9.72 Å². The first-order valence-corrected chi connectivity index (χ1v) is 7.33. The maximum atomic E-state index is 12.5. The van der Waals surface area contributed by atoms with Gasteiger partial charge in [-0.1, -0.05) is 36.4 Å². The lowest BCUT2D eigenvalue weighted by Gasteiger charge is -2.27. The minimum atomic E-state index is -0.486. The SMILES string of the molecule is CC(C)N(Cc1ccccc1)C(=O)Nc1cccc([N+](=O)[O-])c1. The van der Waals surface area contributed by atoms with Gasteiger partial charge < -0.3 is 10.2 Å². The first-order chi connectivity index (χ1) is 11.0. The minimum absolute atomic E-state index is 0.00564. The van der Waals surface area contributed by atoms with Gasteiger partial charge in [-0.3, -0.25) is 10.1 Å². The molecule has 0 aliphatic heterocycles. The quantitative estimate of drug-likeness (QED) is 0.668. The van der Waals surface area contributed by atoms with E-state index < -0.39 is 4.92 Å². The Morgan fingerprint density at radius 3 is 2.48 bits per heavy atom. The summed E-state index contributed by atoms with van der Waals surface area (Å²) >= 11 is 0. The Hall–Kier alpha value is -2.89. The highest BCUT2D eigenvalue weighted by Gasteiger charge is 2.18. The van der Waals surface area contributed by atoms with Gasteiger partial charge in [0.15, 0.2) is 0 Å². The van der Waals surface area contributed by atoms with E-state index >= 15 is 0 Å². The molecule has 0 radical (unpaired) electrons. The number of non-ortho nitro benzene ring substituents is 1. The smallest absolute Gasteiger partial charge is 0.318 e. The summed E-state index contributed by atoms with van der Waals surface area (Å²) in [7, 11) is 0. The topological polar surface area (TPSA) is 75.5 Å². The van der Waals surface area contributed by atoms with E-state index in [9.17, 15) is 14.9 Å². The molecule has 6 heteroatoms. The van der Waals surface area contributed by atoms with E-state index in [0.717, 1.165) is 5.56 Å². The standard InChI is InChI=1S/C17H19N3O3/c1-13(2)19(12-14-7-4-3-5-8-14)17(21)18-15-9-6-10-16(11-15)20(22)23/h3-11,13H,12H2,1-2H3,(H,18,21). The van der Waals surface area contributed by atoms with Gasteiger partial charge in [-0.05, 0) is 25.5 Å². The monoisotopic (exact) mass is 313 g/mol. The number of hydrogen-bond acceptors (Lipinski definition) is 3. The van der Waals surface area contributed by atoms with Gasteiger partial charge in [-0.15, -0.1) is 0 Å². The molecule has 23 heavy (non-hydrogen) atoms. The predicted molar refractivity (Wildman–Crippen MR) is 89.2 cm³/mol. The van der Waals surface area contributed by atoms with Crippen LogP contribution in [-0.4, -0.2) is 21.9 Å². The molecule has 0 aliphatic carbocycles. The summed E-state index contributed by atoms with van der Waals surface area (Å²) in [5.74, 6) is 0. The number of benzene rings is 2. The van der Waals surface area contributed by atoms with Crippen LogP contribution in [0.4, 0.5) is 16.2 Å². The first kappa shape index (κ1) is 16.5. The van der Waals surface area contributed by atoms with Gasteiger partial charge in [-0.25, -0.2) is 4.79 Å². The highest BCUT2D eigenvalue weighted by molar-refractivity contribution is 5.89. The van der Waals surface area contributed by atoms with Crippen LogP contribution in [0.3, 0.4) is 0 Å². The van der Waals surface area contributed by atoms with Crippen molar-refractivity contribution in [1.82, 2.24) is 4.90 Å². The summed E-state index contributed by atoms with van der Waals surface area (Å²) in [6, 6.07) is 15.3. The second kappa shape index (κ2) is 7.40. The molecular formula is C17H19N3O3. The first-order valence-electron chi connectivity index (χ1n) is 7.33. The molecule has 0 bridgehead atoms. The van der Waals surface area contributed by atoms with Crippen molar-refractivity contribution in [2.75, 3.05) is 5.32 Å². The van der Waals surface area contributed by atoms with Crippen LogP contribution in [0.15, 0.2) is 54.6 Å². The van der Waals surface area contributed by atoms with E-state index in [4.69, 9.17) is 0 Å². The van der Waals surface area contributed by atoms with Gasteiger partial charge >= 0.3 is 6.03 Å². The second-order valence-corrected chi connectivity index (χ2v) is 5.44. The molecule has 2 aromatic carbocycles. The number of urea groups is 1. The zero-order valence-corrected chi connectivity index (χ0v) is 13.1. The highest BCUT2D eigenvalue weighted by Crippen LogP contribution is 2.18. The molecule has 0 aliphatic rings. The molecule has 0 heterocycles. The second-order valence-electron chi connectivity index (χ2n) is 5.44. The number of amides is 2. The molecule has 1 N–H and O–H groups in total. The summed E-state index contributed by atoms with van der Waals surface area (Å²) in [4.78, 5) is 24.5. The molecular weight excluding hydrogens is 294 g/mol. The van der Waals surface area contributed by atoms with Gasteiger partial charge in [0.2, 0.25) is 0 Å². The number of carbonyl (C=O) groups is 1. The fraction of sp³-hybridized carbons (Fsp3) is 0.235. The molecule has 6 nitrogen and oxygen atoms in total. The van der Waals surface area contributed by atoms with Crippen LogP contribution in [0.5, 0.6) is 0 Å². The van der Waals surface area contributed by atoms with Crippen LogP contribution in [0.2, 0.25) is 0 Å². The summed E-state index contributed by atoms with van der Waals surface area (Å²) in [6.07, 6.45) is 0. The van der Waals surface area contributed by atoms with Crippen molar-refractivity contribution in [3.63, 3.8) is 0 Å². The Morgan fingerprint density at radius 2 is 1.87 bits per heavy atom. The third-order valence-corrected chi connectivity index (χ3v) is 3.39. The van der Waals surface area contributed by atoms with Crippen LogP contribution in [0, 0.1) is 10.1 Å². The van der Waals surface area contributed by atoms with E-state index in [0.29, 0.717) is 12.2 Å². The molecule has 0 atom stereocenters. The molecule has 0 spiro atoms. The van der Waals surface area contributed by atoms with Gasteiger partial charge in [-0.2, -0.15) is 0 Å². The molecule has 2 rings (SSSR count). The zero-order chi connectivity index (χ0) is 16.8. The fourth-order valence-electron chi connectivity index (χ4n) is 2.16. The van der Waals surface area contributed by atoms with Crippen LogP contribution >= 0.6 is 0 Å². The Balaban J connectivity index is 2.12. The normalized spacial score (nSPS) is 10.4. The van der Waals surface area contributed by atoms with Crippen LogP contribution < -0.4 is 5.32 Å². The Bertz CT molecular complexity index is 686. The number of nitrogens with zero attached hydrogens (tertiary/aromatic N) is 2. The van der Waals surface area contributed by atoms with Crippen molar-refractivity contribution in [3.8, 4) is 0 Å². The molecule has 0 saturated carbocycles. The van der Waals surface area contributed by atoms with Crippen molar-refractivity contribution in [1.29, 1.82) is 0 Å². The third-order valence-electron chi connectivity index (χ3n) is 3.39. The van der Waals surface area contributed by atoms with E-state index in [1.54, 1.807) is 17.0 Å². The average Bonchev–Trinajstić information content (AvgIpc) is 2.53. The lowest BCUT2D eigenvalue weighted by molar-refractivity contribution is -0.384.